The molecule has 0 fully saturated rings. The van der Waals surface area contributed by atoms with E-state index in [1.54, 1.807) is 43.6 Å². The first-order valence-corrected chi connectivity index (χ1v) is 8.79. The zero-order valence-corrected chi connectivity index (χ0v) is 16.1. The Labute approximate surface area is 163 Å². The Balaban J connectivity index is 1.71. The van der Waals surface area contributed by atoms with Gasteiger partial charge in [0, 0.05) is 10.6 Å². The Hall–Kier alpha value is -3.05. The first kappa shape index (κ1) is 18.7. The molecule has 1 heterocycles. The molecule has 2 aromatic carbocycles. The lowest BCUT2D eigenvalue weighted by molar-refractivity contribution is 0.102. The van der Waals surface area contributed by atoms with Crippen molar-refractivity contribution in [2.24, 2.45) is 0 Å². The summed E-state index contributed by atoms with van der Waals surface area (Å²) in [6.07, 6.45) is 1.60. The molecule has 3 rings (SSSR count). The van der Waals surface area contributed by atoms with Gasteiger partial charge < -0.3 is 15.4 Å². The second-order valence-corrected chi connectivity index (χ2v) is 6.59. The van der Waals surface area contributed by atoms with Crippen LogP contribution in [0, 0.1) is 13.8 Å². The molecule has 0 saturated heterocycles. The fourth-order valence-corrected chi connectivity index (χ4v) is 2.72. The monoisotopic (exact) mass is 381 g/mol. The third-order valence-electron chi connectivity index (χ3n) is 4.21. The standard InChI is InChI=1S/C21H20ClN3O2/c1-13-4-5-15(10-14(13)2)21(26)24-17-7-9-20(23-12-17)25-18-11-16(22)6-8-19(18)27-3/h4-12H,1-3H3,(H,23,25)(H,24,26). The van der Waals surface area contributed by atoms with E-state index >= 15 is 0 Å². The zero-order valence-electron chi connectivity index (χ0n) is 15.3. The van der Waals surface area contributed by atoms with Gasteiger partial charge in [0.1, 0.15) is 11.6 Å². The molecule has 0 aliphatic carbocycles. The summed E-state index contributed by atoms with van der Waals surface area (Å²) in [5.74, 6) is 1.10. The van der Waals surface area contributed by atoms with Crippen LogP contribution in [0.25, 0.3) is 0 Å². The normalized spacial score (nSPS) is 10.4. The number of aryl methyl sites for hydroxylation is 2. The molecule has 0 saturated carbocycles. The number of pyridine rings is 1. The number of carbonyl (C=O) groups excluding carboxylic acids is 1. The van der Waals surface area contributed by atoms with Crippen molar-refractivity contribution < 1.29 is 9.53 Å². The number of methoxy groups -OCH3 is 1. The summed E-state index contributed by atoms with van der Waals surface area (Å²) in [6.45, 7) is 4.00. The van der Waals surface area contributed by atoms with E-state index in [1.807, 2.05) is 32.0 Å². The van der Waals surface area contributed by atoms with Gasteiger partial charge in [0.05, 0.1) is 24.7 Å². The number of halogens is 1. The van der Waals surface area contributed by atoms with E-state index in [1.165, 1.54) is 0 Å². The van der Waals surface area contributed by atoms with E-state index in [4.69, 9.17) is 16.3 Å². The second-order valence-electron chi connectivity index (χ2n) is 6.15. The number of benzene rings is 2. The molecule has 138 valence electrons. The Morgan fingerprint density at radius 2 is 1.85 bits per heavy atom. The van der Waals surface area contributed by atoms with Crippen LogP contribution in [0.1, 0.15) is 21.5 Å². The first-order chi connectivity index (χ1) is 13.0. The number of carbonyl (C=O) groups is 1. The van der Waals surface area contributed by atoms with Crippen molar-refractivity contribution in [2.75, 3.05) is 17.7 Å². The molecule has 3 aromatic rings. The van der Waals surface area contributed by atoms with Gasteiger partial charge in [-0.15, -0.1) is 0 Å². The molecular formula is C21H20ClN3O2. The summed E-state index contributed by atoms with van der Waals surface area (Å²) in [5, 5.41) is 6.60. The van der Waals surface area contributed by atoms with Gasteiger partial charge in [0.15, 0.2) is 0 Å². The Kier molecular flexibility index (Phi) is 5.62. The Morgan fingerprint density at radius 3 is 2.52 bits per heavy atom. The average molecular weight is 382 g/mol. The molecule has 2 N–H and O–H groups in total. The van der Waals surface area contributed by atoms with Crippen molar-refractivity contribution in [3.63, 3.8) is 0 Å². The van der Waals surface area contributed by atoms with Gasteiger partial charge in [0.25, 0.3) is 5.91 Å². The van der Waals surface area contributed by atoms with E-state index in [-0.39, 0.29) is 5.91 Å². The quantitative estimate of drug-likeness (QED) is 0.624. The third-order valence-corrected chi connectivity index (χ3v) is 4.45. The van der Waals surface area contributed by atoms with Gasteiger partial charge in [0.2, 0.25) is 0 Å². The minimum Gasteiger partial charge on any atom is -0.495 e. The second kappa shape index (κ2) is 8.10. The molecule has 0 unspecified atom stereocenters. The number of aromatic nitrogens is 1. The predicted molar refractivity (Wildman–Crippen MR) is 109 cm³/mol. The van der Waals surface area contributed by atoms with Crippen LogP contribution in [-0.4, -0.2) is 18.0 Å². The molecule has 6 heteroatoms. The minimum absolute atomic E-state index is 0.169. The van der Waals surface area contributed by atoms with Crippen molar-refractivity contribution in [1.82, 2.24) is 4.98 Å². The fraction of sp³-hybridized carbons (Fsp3) is 0.143. The number of hydrogen-bond acceptors (Lipinski definition) is 4. The Bertz CT molecular complexity index is 972. The predicted octanol–water partition coefficient (Wildman–Crippen LogP) is 5.36. The summed E-state index contributed by atoms with van der Waals surface area (Å²) >= 11 is 6.04. The molecule has 1 aromatic heterocycles. The van der Waals surface area contributed by atoms with Crippen LogP contribution in [0.2, 0.25) is 5.02 Å². The largest absolute Gasteiger partial charge is 0.495 e. The maximum atomic E-state index is 12.4. The SMILES string of the molecule is COc1ccc(Cl)cc1Nc1ccc(NC(=O)c2ccc(C)c(C)c2)cn1. The Morgan fingerprint density at radius 1 is 1.04 bits per heavy atom. The van der Waals surface area contributed by atoms with E-state index in [0.717, 1.165) is 11.1 Å². The zero-order chi connectivity index (χ0) is 19.4. The summed E-state index contributed by atoms with van der Waals surface area (Å²) in [7, 11) is 1.59. The van der Waals surface area contributed by atoms with Crippen LogP contribution in [0.5, 0.6) is 5.75 Å². The number of hydrogen-bond donors (Lipinski definition) is 2. The van der Waals surface area contributed by atoms with Crippen molar-refractivity contribution >= 4 is 34.7 Å². The lowest BCUT2D eigenvalue weighted by Crippen LogP contribution is -2.12. The highest BCUT2D eigenvalue weighted by Gasteiger charge is 2.09. The topological polar surface area (TPSA) is 63.2 Å². The van der Waals surface area contributed by atoms with Gasteiger partial charge in [-0.1, -0.05) is 17.7 Å². The summed E-state index contributed by atoms with van der Waals surface area (Å²) in [6, 6.07) is 14.5. The van der Waals surface area contributed by atoms with E-state index < -0.39 is 0 Å². The molecule has 5 nitrogen and oxygen atoms in total. The molecular weight excluding hydrogens is 362 g/mol. The number of anilines is 3. The molecule has 0 aliphatic heterocycles. The minimum atomic E-state index is -0.169. The van der Waals surface area contributed by atoms with Gasteiger partial charge >= 0.3 is 0 Å². The van der Waals surface area contributed by atoms with Crippen LogP contribution in [0.15, 0.2) is 54.7 Å². The van der Waals surface area contributed by atoms with Crippen LogP contribution < -0.4 is 15.4 Å². The van der Waals surface area contributed by atoms with E-state index in [0.29, 0.717) is 33.5 Å². The number of rotatable bonds is 5. The smallest absolute Gasteiger partial charge is 0.255 e. The number of amides is 1. The summed E-state index contributed by atoms with van der Waals surface area (Å²) in [4.78, 5) is 16.7. The first-order valence-electron chi connectivity index (χ1n) is 8.41. The van der Waals surface area contributed by atoms with Gasteiger partial charge in [-0.25, -0.2) is 4.98 Å². The number of nitrogens with one attached hydrogen (secondary N) is 2. The molecule has 27 heavy (non-hydrogen) atoms. The van der Waals surface area contributed by atoms with Gasteiger partial charge in [-0.2, -0.15) is 0 Å². The van der Waals surface area contributed by atoms with Crippen molar-refractivity contribution in [1.29, 1.82) is 0 Å². The van der Waals surface area contributed by atoms with E-state index in [2.05, 4.69) is 15.6 Å². The summed E-state index contributed by atoms with van der Waals surface area (Å²) < 4.78 is 5.31. The van der Waals surface area contributed by atoms with Crippen molar-refractivity contribution in [2.45, 2.75) is 13.8 Å². The highest BCUT2D eigenvalue weighted by atomic mass is 35.5. The highest BCUT2D eigenvalue weighted by Crippen LogP contribution is 2.30. The number of nitrogens with zero attached hydrogens (tertiary/aromatic N) is 1. The van der Waals surface area contributed by atoms with Crippen LogP contribution in [-0.2, 0) is 0 Å². The molecule has 0 spiro atoms. The van der Waals surface area contributed by atoms with Crippen LogP contribution in [0.4, 0.5) is 17.2 Å². The highest BCUT2D eigenvalue weighted by molar-refractivity contribution is 6.31. The third kappa shape index (κ3) is 4.57. The molecule has 0 bridgehead atoms. The number of ether oxygens (including phenoxy) is 1. The average Bonchev–Trinajstić information content (AvgIpc) is 2.65. The van der Waals surface area contributed by atoms with Crippen molar-refractivity contribution in [3.8, 4) is 5.75 Å². The van der Waals surface area contributed by atoms with Gasteiger partial charge in [-0.3, -0.25) is 4.79 Å². The maximum absolute atomic E-state index is 12.4. The summed E-state index contributed by atoms with van der Waals surface area (Å²) in [5.41, 5.74) is 4.17. The lowest BCUT2D eigenvalue weighted by atomic mass is 10.1. The fourth-order valence-electron chi connectivity index (χ4n) is 2.54. The van der Waals surface area contributed by atoms with Crippen LogP contribution >= 0.6 is 11.6 Å². The molecule has 0 radical (unpaired) electrons. The van der Waals surface area contributed by atoms with Crippen molar-refractivity contribution in [3.05, 3.63) is 76.4 Å². The molecule has 0 aliphatic rings. The molecule has 0 atom stereocenters. The maximum Gasteiger partial charge on any atom is 0.255 e. The van der Waals surface area contributed by atoms with E-state index in [9.17, 15) is 4.79 Å². The van der Waals surface area contributed by atoms with Crippen LogP contribution in [0.3, 0.4) is 0 Å². The lowest BCUT2D eigenvalue weighted by Gasteiger charge is -2.12. The molecule has 1 amide bonds. The van der Waals surface area contributed by atoms with Gasteiger partial charge in [-0.05, 0) is 67.4 Å².